The minimum Gasteiger partial charge on any atom is -0.361 e. The number of benzene rings is 1. The van der Waals surface area contributed by atoms with Gasteiger partial charge in [-0.1, -0.05) is 42.1 Å². The van der Waals surface area contributed by atoms with Crippen LogP contribution in [0.2, 0.25) is 0 Å². The van der Waals surface area contributed by atoms with Crippen LogP contribution in [0, 0.1) is 0 Å². The predicted octanol–water partition coefficient (Wildman–Crippen LogP) is 2.89. The van der Waals surface area contributed by atoms with Crippen LogP contribution in [0.1, 0.15) is 11.1 Å². The second-order valence-corrected chi connectivity index (χ2v) is 5.83. The molecule has 2 heterocycles. The Balaban J connectivity index is 1.54. The van der Waals surface area contributed by atoms with Crippen molar-refractivity contribution in [3.8, 4) is 0 Å². The number of pyridine rings is 1. The summed E-state index contributed by atoms with van der Waals surface area (Å²) in [5.41, 5.74) is 2.57. The number of aromatic nitrogens is 1. The van der Waals surface area contributed by atoms with E-state index in [-0.39, 0.29) is 0 Å². The van der Waals surface area contributed by atoms with Crippen LogP contribution in [-0.2, 0) is 13.0 Å². The Bertz CT molecular complexity index is 569. The molecule has 2 aromatic rings. The average molecular weight is 283 g/mol. The summed E-state index contributed by atoms with van der Waals surface area (Å²) in [4.78, 5) is 8.64. The zero-order valence-electron chi connectivity index (χ0n) is 11.2. The van der Waals surface area contributed by atoms with Gasteiger partial charge in [-0.3, -0.25) is 9.98 Å². The first kappa shape index (κ1) is 13.2. The van der Waals surface area contributed by atoms with E-state index in [1.54, 1.807) is 0 Å². The van der Waals surface area contributed by atoms with Crippen molar-refractivity contribution in [2.45, 2.75) is 19.0 Å². The van der Waals surface area contributed by atoms with Crippen molar-refractivity contribution in [3.63, 3.8) is 0 Å². The third-order valence-corrected chi connectivity index (χ3v) is 4.32. The molecule has 1 aliphatic heterocycles. The zero-order chi connectivity index (χ0) is 13.6. The van der Waals surface area contributed by atoms with Gasteiger partial charge in [0.05, 0.1) is 6.54 Å². The highest BCUT2D eigenvalue weighted by atomic mass is 32.2. The summed E-state index contributed by atoms with van der Waals surface area (Å²) in [5, 5.41) is 4.57. The van der Waals surface area contributed by atoms with Gasteiger partial charge in [-0.25, -0.2) is 0 Å². The summed E-state index contributed by atoms with van der Waals surface area (Å²) in [6.45, 7) is 0.718. The molecule has 0 spiro atoms. The molecule has 0 aliphatic carbocycles. The highest BCUT2D eigenvalue weighted by Crippen LogP contribution is 2.17. The van der Waals surface area contributed by atoms with Crippen molar-refractivity contribution in [2.75, 3.05) is 5.75 Å². The molecule has 102 valence electrons. The topological polar surface area (TPSA) is 37.3 Å². The largest absolute Gasteiger partial charge is 0.361 e. The van der Waals surface area contributed by atoms with E-state index in [0.29, 0.717) is 6.04 Å². The fourth-order valence-corrected chi connectivity index (χ4v) is 3.15. The van der Waals surface area contributed by atoms with Crippen LogP contribution >= 0.6 is 11.8 Å². The van der Waals surface area contributed by atoms with E-state index >= 15 is 0 Å². The fraction of sp³-hybridized carbons (Fsp3) is 0.250. The van der Waals surface area contributed by atoms with Crippen LogP contribution in [-0.4, -0.2) is 21.9 Å². The van der Waals surface area contributed by atoms with Crippen LogP contribution in [0.15, 0.2) is 59.9 Å². The first-order valence-electron chi connectivity index (χ1n) is 6.77. The molecule has 20 heavy (non-hydrogen) atoms. The van der Waals surface area contributed by atoms with Crippen molar-refractivity contribution in [1.29, 1.82) is 0 Å². The third-order valence-electron chi connectivity index (χ3n) is 3.23. The number of aliphatic imine (C=N–C) groups is 1. The van der Waals surface area contributed by atoms with E-state index in [4.69, 9.17) is 0 Å². The van der Waals surface area contributed by atoms with Gasteiger partial charge in [0.2, 0.25) is 0 Å². The number of thioether (sulfide) groups is 1. The first-order valence-corrected chi connectivity index (χ1v) is 7.75. The highest BCUT2D eigenvalue weighted by molar-refractivity contribution is 8.14. The SMILES string of the molecule is c1ccc(CC2CSC(=NCc3ccncc3)N2)cc1. The Kier molecular flexibility index (Phi) is 4.33. The molecular formula is C16H17N3S. The molecule has 0 saturated carbocycles. The third kappa shape index (κ3) is 3.61. The highest BCUT2D eigenvalue weighted by Gasteiger charge is 2.20. The summed E-state index contributed by atoms with van der Waals surface area (Å²) >= 11 is 1.81. The second-order valence-electron chi connectivity index (χ2n) is 4.82. The summed E-state index contributed by atoms with van der Waals surface area (Å²) in [6.07, 6.45) is 4.67. The van der Waals surface area contributed by atoms with Crippen molar-refractivity contribution in [3.05, 3.63) is 66.0 Å². The summed E-state index contributed by atoms with van der Waals surface area (Å²) in [7, 11) is 0. The molecule has 3 rings (SSSR count). The van der Waals surface area contributed by atoms with Gasteiger partial charge in [0.15, 0.2) is 5.17 Å². The van der Waals surface area contributed by atoms with Gasteiger partial charge in [0.25, 0.3) is 0 Å². The first-order chi connectivity index (χ1) is 9.90. The van der Waals surface area contributed by atoms with Crippen LogP contribution in [0.4, 0.5) is 0 Å². The van der Waals surface area contributed by atoms with E-state index < -0.39 is 0 Å². The Morgan fingerprint density at radius 2 is 1.90 bits per heavy atom. The van der Waals surface area contributed by atoms with Gasteiger partial charge in [-0.2, -0.15) is 0 Å². The fourth-order valence-electron chi connectivity index (χ4n) is 2.19. The Morgan fingerprint density at radius 1 is 1.10 bits per heavy atom. The molecule has 1 unspecified atom stereocenters. The Morgan fingerprint density at radius 3 is 2.70 bits per heavy atom. The maximum Gasteiger partial charge on any atom is 0.157 e. The number of nitrogens with zero attached hydrogens (tertiary/aromatic N) is 2. The summed E-state index contributed by atoms with van der Waals surface area (Å²) in [5.74, 6) is 1.09. The molecular weight excluding hydrogens is 266 g/mol. The van der Waals surface area contributed by atoms with Crippen LogP contribution in [0.25, 0.3) is 0 Å². The monoisotopic (exact) mass is 283 g/mol. The quantitative estimate of drug-likeness (QED) is 0.937. The van der Waals surface area contributed by atoms with E-state index in [0.717, 1.165) is 23.9 Å². The number of nitrogens with one attached hydrogen (secondary N) is 1. The normalized spacial score (nSPS) is 20.0. The van der Waals surface area contributed by atoms with Crippen molar-refractivity contribution < 1.29 is 0 Å². The molecule has 1 aromatic heterocycles. The lowest BCUT2D eigenvalue weighted by Crippen LogP contribution is -2.29. The average Bonchev–Trinajstić information content (AvgIpc) is 2.95. The molecule has 4 heteroatoms. The number of rotatable bonds is 4. The maximum atomic E-state index is 4.63. The molecule has 1 aliphatic rings. The van der Waals surface area contributed by atoms with Gasteiger partial charge in [0, 0.05) is 24.2 Å². The number of hydrogen-bond donors (Lipinski definition) is 1. The minimum absolute atomic E-state index is 0.485. The van der Waals surface area contributed by atoms with E-state index in [1.807, 2.05) is 36.3 Å². The molecule has 1 saturated heterocycles. The standard InChI is InChI=1S/C16H17N3S/c1-2-4-13(5-3-1)10-15-12-20-16(19-15)18-11-14-6-8-17-9-7-14/h1-9,15H,10-12H2,(H,18,19). The van der Waals surface area contributed by atoms with Crippen molar-refractivity contribution in [2.24, 2.45) is 4.99 Å². The zero-order valence-corrected chi connectivity index (χ0v) is 12.0. The minimum atomic E-state index is 0.485. The smallest absolute Gasteiger partial charge is 0.157 e. The van der Waals surface area contributed by atoms with Crippen molar-refractivity contribution in [1.82, 2.24) is 10.3 Å². The lowest BCUT2D eigenvalue weighted by molar-refractivity contribution is 0.686. The number of amidine groups is 1. The van der Waals surface area contributed by atoms with E-state index in [2.05, 4.69) is 45.6 Å². The molecule has 1 N–H and O–H groups in total. The number of hydrogen-bond acceptors (Lipinski definition) is 3. The van der Waals surface area contributed by atoms with Gasteiger partial charge >= 0.3 is 0 Å². The molecule has 0 amide bonds. The maximum absolute atomic E-state index is 4.63. The molecule has 0 bridgehead atoms. The van der Waals surface area contributed by atoms with Crippen LogP contribution in [0.5, 0.6) is 0 Å². The van der Waals surface area contributed by atoms with E-state index in [9.17, 15) is 0 Å². The van der Waals surface area contributed by atoms with Gasteiger partial charge in [0.1, 0.15) is 0 Å². The molecule has 1 aromatic carbocycles. The van der Waals surface area contributed by atoms with E-state index in [1.165, 1.54) is 11.1 Å². The molecule has 1 atom stereocenters. The van der Waals surface area contributed by atoms with Crippen LogP contribution in [0.3, 0.4) is 0 Å². The second kappa shape index (κ2) is 6.57. The molecule has 3 nitrogen and oxygen atoms in total. The Labute approximate surface area is 123 Å². The lowest BCUT2D eigenvalue weighted by atomic mass is 10.1. The van der Waals surface area contributed by atoms with Crippen molar-refractivity contribution >= 4 is 16.9 Å². The summed E-state index contributed by atoms with van der Waals surface area (Å²) in [6, 6.07) is 15.1. The predicted molar refractivity (Wildman–Crippen MR) is 84.9 cm³/mol. The van der Waals surface area contributed by atoms with Crippen LogP contribution < -0.4 is 5.32 Å². The van der Waals surface area contributed by atoms with Gasteiger partial charge < -0.3 is 5.32 Å². The summed E-state index contributed by atoms with van der Waals surface area (Å²) < 4.78 is 0. The molecule has 0 radical (unpaired) electrons. The van der Waals surface area contributed by atoms with Gasteiger partial charge in [-0.15, -0.1) is 0 Å². The Hall–Kier alpha value is -1.81. The lowest BCUT2D eigenvalue weighted by Gasteiger charge is -2.09. The van der Waals surface area contributed by atoms with Gasteiger partial charge in [-0.05, 0) is 29.7 Å². The molecule has 1 fully saturated rings.